The number of nitrogens with one attached hydrogen (secondary N) is 1. The third-order valence-corrected chi connectivity index (χ3v) is 7.37. The minimum atomic E-state index is -4.79. The molecule has 0 unspecified atom stereocenters. The molecule has 2 aromatic rings. The summed E-state index contributed by atoms with van der Waals surface area (Å²) in [7, 11) is 0. The van der Waals surface area contributed by atoms with Crippen LogP contribution in [0.1, 0.15) is 66.4 Å². The van der Waals surface area contributed by atoms with Crippen LogP contribution >= 0.6 is 11.3 Å². The number of carbonyl (C=O) groups is 2. The number of likely N-dealkylation sites (tertiary alicyclic amines) is 2. The van der Waals surface area contributed by atoms with Crippen molar-refractivity contribution in [1.82, 2.24) is 19.8 Å². The van der Waals surface area contributed by atoms with Crippen LogP contribution in [0.2, 0.25) is 0 Å². The lowest BCUT2D eigenvalue weighted by Crippen LogP contribution is -2.34. The van der Waals surface area contributed by atoms with Crippen LogP contribution in [0.25, 0.3) is 10.4 Å². The molecule has 37 heavy (non-hydrogen) atoms. The second-order valence-electron chi connectivity index (χ2n) is 10.5. The molecule has 2 saturated heterocycles. The quantitative estimate of drug-likeness (QED) is 0.561. The summed E-state index contributed by atoms with van der Waals surface area (Å²) in [6.07, 6.45) is -5.28. The van der Waals surface area contributed by atoms with Gasteiger partial charge >= 0.3 is 6.18 Å². The van der Waals surface area contributed by atoms with Crippen LogP contribution in [0.15, 0.2) is 12.3 Å². The van der Waals surface area contributed by atoms with E-state index >= 15 is 0 Å². The average molecular weight is 544 g/mol. The number of thiazole rings is 1. The number of aliphatic hydroxyl groups is 1. The van der Waals surface area contributed by atoms with Gasteiger partial charge in [0.15, 0.2) is 5.01 Å². The number of rotatable bonds is 4. The molecule has 2 aliphatic rings. The number of nitrogens with zero attached hydrogens (tertiary/aromatic N) is 4. The predicted octanol–water partition coefficient (Wildman–Crippen LogP) is 4.21. The lowest BCUT2D eigenvalue weighted by atomic mass is 10.1. The molecule has 0 aromatic carbocycles. The zero-order valence-electron chi connectivity index (χ0n) is 20.9. The highest BCUT2D eigenvalue weighted by atomic mass is 32.1. The van der Waals surface area contributed by atoms with Crippen molar-refractivity contribution in [3.8, 4) is 10.4 Å². The Morgan fingerprint density at radius 2 is 1.89 bits per heavy atom. The van der Waals surface area contributed by atoms with E-state index in [0.717, 1.165) is 30.0 Å². The molecule has 3 atom stereocenters. The normalized spacial score (nSPS) is 22.6. The maximum absolute atomic E-state index is 14.2. The molecule has 0 bridgehead atoms. The molecule has 0 spiro atoms. The monoisotopic (exact) mass is 543 g/mol. The van der Waals surface area contributed by atoms with E-state index in [0.29, 0.717) is 17.9 Å². The van der Waals surface area contributed by atoms with Crippen molar-refractivity contribution in [2.24, 2.45) is 0 Å². The minimum Gasteiger partial charge on any atom is -0.388 e. The van der Waals surface area contributed by atoms with Crippen molar-refractivity contribution in [2.45, 2.75) is 70.6 Å². The third-order valence-electron chi connectivity index (χ3n) is 6.29. The molecule has 4 rings (SSSR count). The SMILES string of the molecule is C[C@H]1CCCN1C(=O)c1nc(C(=O)N2C[C@@H](O)[C@H](F)C2)sc1-c1cnc(NC(C)(C)C)cc1C(F)(F)F. The zero-order chi connectivity index (χ0) is 27.3. The first-order chi connectivity index (χ1) is 17.2. The van der Waals surface area contributed by atoms with Crippen LogP contribution < -0.4 is 5.32 Å². The number of anilines is 1. The number of aliphatic hydroxyl groups excluding tert-OH is 1. The summed E-state index contributed by atoms with van der Waals surface area (Å²) in [5, 5.41) is 12.4. The molecule has 0 saturated carbocycles. The Morgan fingerprint density at radius 3 is 2.43 bits per heavy atom. The fourth-order valence-corrected chi connectivity index (χ4v) is 5.53. The Labute approximate surface area is 215 Å². The molecular weight excluding hydrogens is 514 g/mol. The van der Waals surface area contributed by atoms with Crippen LogP contribution in [0.3, 0.4) is 0 Å². The molecule has 2 aliphatic heterocycles. The minimum absolute atomic E-state index is 0.00507. The van der Waals surface area contributed by atoms with E-state index in [2.05, 4.69) is 15.3 Å². The van der Waals surface area contributed by atoms with E-state index in [4.69, 9.17) is 0 Å². The van der Waals surface area contributed by atoms with Crippen molar-refractivity contribution in [2.75, 3.05) is 25.0 Å². The highest BCUT2D eigenvalue weighted by molar-refractivity contribution is 7.17. The topological polar surface area (TPSA) is 98.7 Å². The molecule has 2 N–H and O–H groups in total. The van der Waals surface area contributed by atoms with Gasteiger partial charge in [0.1, 0.15) is 23.8 Å². The van der Waals surface area contributed by atoms with E-state index in [9.17, 15) is 32.3 Å². The first-order valence-corrected chi connectivity index (χ1v) is 12.8. The van der Waals surface area contributed by atoms with Gasteiger partial charge in [0.05, 0.1) is 23.5 Å². The number of pyridine rings is 1. The number of β-amino-alcohol motifs (C(OH)–C–C–N with tert-alkyl or cyclic N) is 1. The summed E-state index contributed by atoms with van der Waals surface area (Å²) < 4.78 is 56.5. The van der Waals surface area contributed by atoms with Crippen LogP contribution in [0.4, 0.5) is 23.4 Å². The molecule has 13 heteroatoms. The summed E-state index contributed by atoms with van der Waals surface area (Å²) in [6.45, 7) is 6.95. The number of hydrogen-bond donors (Lipinski definition) is 2. The smallest absolute Gasteiger partial charge is 0.388 e. The Morgan fingerprint density at radius 1 is 1.19 bits per heavy atom. The summed E-state index contributed by atoms with van der Waals surface area (Å²) >= 11 is 0.633. The van der Waals surface area contributed by atoms with Gasteiger partial charge in [0.25, 0.3) is 11.8 Å². The number of hydrogen-bond acceptors (Lipinski definition) is 7. The van der Waals surface area contributed by atoms with Gasteiger partial charge in [-0.05, 0) is 46.6 Å². The van der Waals surface area contributed by atoms with Gasteiger partial charge in [-0.2, -0.15) is 13.2 Å². The van der Waals surface area contributed by atoms with Crippen LogP contribution in [-0.2, 0) is 6.18 Å². The van der Waals surface area contributed by atoms with Crippen LogP contribution in [0.5, 0.6) is 0 Å². The summed E-state index contributed by atoms with van der Waals surface area (Å²) in [6, 6.07) is 0.736. The highest BCUT2D eigenvalue weighted by Gasteiger charge is 2.40. The fourth-order valence-electron chi connectivity index (χ4n) is 4.48. The summed E-state index contributed by atoms with van der Waals surface area (Å²) in [5.74, 6) is -1.33. The Kier molecular flexibility index (Phi) is 7.23. The van der Waals surface area contributed by atoms with Gasteiger partial charge in [0.2, 0.25) is 0 Å². The van der Waals surface area contributed by atoms with Crippen molar-refractivity contribution in [1.29, 1.82) is 0 Å². The molecule has 2 aromatic heterocycles. The number of carbonyl (C=O) groups excluding carboxylic acids is 2. The molecule has 0 radical (unpaired) electrons. The second-order valence-corrected chi connectivity index (χ2v) is 11.5. The Balaban J connectivity index is 1.83. The maximum Gasteiger partial charge on any atom is 0.417 e. The Bertz CT molecular complexity index is 1190. The van der Waals surface area contributed by atoms with E-state index in [1.54, 1.807) is 20.8 Å². The van der Waals surface area contributed by atoms with E-state index in [1.807, 2.05) is 6.92 Å². The maximum atomic E-state index is 14.2. The number of amides is 2. The first-order valence-electron chi connectivity index (χ1n) is 11.9. The van der Waals surface area contributed by atoms with E-state index in [-0.39, 0.29) is 46.1 Å². The molecule has 4 heterocycles. The lowest BCUT2D eigenvalue weighted by molar-refractivity contribution is -0.137. The summed E-state index contributed by atoms with van der Waals surface area (Å²) in [5.41, 5.74) is -2.23. The van der Waals surface area contributed by atoms with Crippen LogP contribution in [0, 0.1) is 0 Å². The molecule has 2 amide bonds. The van der Waals surface area contributed by atoms with Crippen molar-refractivity contribution in [3.63, 3.8) is 0 Å². The number of halogens is 4. The number of aromatic nitrogens is 2. The molecule has 8 nitrogen and oxygen atoms in total. The largest absolute Gasteiger partial charge is 0.417 e. The molecular formula is C24H29F4N5O3S. The van der Waals surface area contributed by atoms with Gasteiger partial charge in [-0.1, -0.05) is 0 Å². The number of alkyl halides is 4. The van der Waals surface area contributed by atoms with Crippen LogP contribution in [-0.4, -0.2) is 80.2 Å². The highest BCUT2D eigenvalue weighted by Crippen LogP contribution is 2.42. The lowest BCUT2D eigenvalue weighted by Gasteiger charge is -2.23. The van der Waals surface area contributed by atoms with E-state index < -0.39 is 41.4 Å². The average Bonchev–Trinajstić information content (AvgIpc) is 3.50. The second kappa shape index (κ2) is 9.82. The zero-order valence-corrected chi connectivity index (χ0v) is 21.7. The third kappa shape index (κ3) is 5.71. The van der Waals surface area contributed by atoms with Gasteiger partial charge in [-0.3, -0.25) is 9.59 Å². The van der Waals surface area contributed by atoms with Gasteiger partial charge in [0, 0.05) is 29.9 Å². The van der Waals surface area contributed by atoms with Crippen molar-refractivity contribution >= 4 is 29.0 Å². The molecule has 202 valence electrons. The predicted molar refractivity (Wildman–Crippen MR) is 130 cm³/mol. The first kappa shape index (κ1) is 27.2. The van der Waals surface area contributed by atoms with Gasteiger partial charge in [-0.15, -0.1) is 11.3 Å². The van der Waals surface area contributed by atoms with Gasteiger partial charge in [-0.25, -0.2) is 14.4 Å². The Hall–Kier alpha value is -2.80. The summed E-state index contributed by atoms with van der Waals surface area (Å²) in [4.78, 5) is 37.3. The van der Waals surface area contributed by atoms with Crippen molar-refractivity contribution < 1.29 is 32.3 Å². The molecule has 2 fully saturated rings. The fraction of sp³-hybridized carbons (Fsp3) is 0.583. The standard InChI is InChI=1S/C24H29F4N5O3S/c1-12-6-5-7-33(12)21(35)18-19(37-20(30-18)22(36)32-10-15(25)16(34)11-32)13-9-29-17(31-23(2,3)4)8-14(13)24(26,27)28/h8-9,12,15-16,34H,5-7,10-11H2,1-4H3,(H,29,31)/t12-,15+,16+/m0/s1. The van der Waals surface area contributed by atoms with Crippen molar-refractivity contribution in [3.05, 3.63) is 28.5 Å². The van der Waals surface area contributed by atoms with Gasteiger partial charge < -0.3 is 20.2 Å². The molecule has 0 aliphatic carbocycles. The van der Waals surface area contributed by atoms with E-state index in [1.165, 1.54) is 4.90 Å².